The normalized spacial score (nSPS) is 16.4. The minimum atomic E-state index is 0.292. The molecule has 1 aliphatic heterocycles. The predicted octanol–water partition coefficient (Wildman–Crippen LogP) is 6.10. The van der Waals surface area contributed by atoms with Crippen molar-refractivity contribution in [1.82, 2.24) is 0 Å². The van der Waals surface area contributed by atoms with E-state index in [1.165, 1.54) is 46.3 Å². The number of unbranched alkanes of at least 4 members (excludes halogenated alkanes) is 1. The number of ether oxygens (including phenoxy) is 1. The molecule has 5 rings (SSSR count). The average molecular weight is 438 g/mol. The van der Waals surface area contributed by atoms with E-state index in [1.54, 1.807) is 6.07 Å². The molecule has 1 fully saturated rings. The molecule has 4 nitrogen and oxygen atoms in total. The molecule has 0 spiro atoms. The van der Waals surface area contributed by atoms with Crippen LogP contribution in [0.25, 0.3) is 11.1 Å². The summed E-state index contributed by atoms with van der Waals surface area (Å²) >= 11 is 0. The molecule has 0 bridgehead atoms. The van der Waals surface area contributed by atoms with E-state index in [4.69, 9.17) is 10.5 Å². The van der Waals surface area contributed by atoms with Gasteiger partial charge in [0.1, 0.15) is 24.0 Å². The smallest absolute Gasteiger partial charge is 0.139 e. The number of nitrogens with two attached hydrogens (primary N) is 1. The van der Waals surface area contributed by atoms with E-state index >= 15 is 0 Å². The molecule has 1 heterocycles. The molecular formula is C29H31N3O. The molecule has 33 heavy (non-hydrogen) atoms. The van der Waals surface area contributed by atoms with Crippen LogP contribution in [0.5, 0.6) is 5.75 Å². The highest BCUT2D eigenvalue weighted by Gasteiger charge is 2.30. The minimum Gasteiger partial charge on any atom is -0.490 e. The van der Waals surface area contributed by atoms with E-state index in [9.17, 15) is 5.26 Å². The Kier molecular flexibility index (Phi) is 5.96. The predicted molar refractivity (Wildman–Crippen MR) is 135 cm³/mol. The maximum absolute atomic E-state index is 9.48. The van der Waals surface area contributed by atoms with E-state index in [0.29, 0.717) is 29.6 Å². The van der Waals surface area contributed by atoms with Gasteiger partial charge in [-0.25, -0.2) is 0 Å². The van der Waals surface area contributed by atoms with Crippen LogP contribution in [0.15, 0.2) is 54.6 Å². The van der Waals surface area contributed by atoms with E-state index in [2.05, 4.69) is 54.3 Å². The number of anilines is 2. The summed E-state index contributed by atoms with van der Waals surface area (Å²) in [5.41, 5.74) is 15.5. The maximum atomic E-state index is 9.48. The Hall–Kier alpha value is -3.45. The second-order valence-electron chi connectivity index (χ2n) is 9.16. The van der Waals surface area contributed by atoms with Gasteiger partial charge in [-0.3, -0.25) is 0 Å². The second kappa shape index (κ2) is 9.19. The monoisotopic (exact) mass is 437 g/mol. The number of rotatable bonds is 7. The molecule has 168 valence electrons. The zero-order chi connectivity index (χ0) is 22.8. The highest BCUT2D eigenvalue weighted by Crippen LogP contribution is 2.43. The number of hydrogen-bond donors (Lipinski definition) is 1. The summed E-state index contributed by atoms with van der Waals surface area (Å²) in [5, 5.41) is 9.48. The molecule has 0 unspecified atom stereocenters. The lowest BCUT2D eigenvalue weighted by atomic mass is 9.94. The van der Waals surface area contributed by atoms with Crippen LogP contribution in [0.1, 0.15) is 54.9 Å². The van der Waals surface area contributed by atoms with E-state index in [1.807, 2.05) is 12.1 Å². The Morgan fingerprint density at radius 3 is 2.82 bits per heavy atom. The van der Waals surface area contributed by atoms with Crippen LogP contribution in [0.3, 0.4) is 0 Å². The number of benzene rings is 3. The fourth-order valence-corrected chi connectivity index (χ4v) is 5.46. The van der Waals surface area contributed by atoms with Gasteiger partial charge in [0.25, 0.3) is 0 Å². The van der Waals surface area contributed by atoms with Gasteiger partial charge in [0, 0.05) is 12.2 Å². The lowest BCUT2D eigenvalue weighted by Crippen LogP contribution is -2.35. The van der Waals surface area contributed by atoms with Crippen molar-refractivity contribution in [2.75, 3.05) is 23.8 Å². The zero-order valence-corrected chi connectivity index (χ0v) is 19.3. The van der Waals surface area contributed by atoms with Gasteiger partial charge in [0.05, 0.1) is 11.7 Å². The first kappa shape index (κ1) is 21.4. The number of nitrogens with zero attached hydrogens (tertiary/aromatic N) is 2. The summed E-state index contributed by atoms with van der Waals surface area (Å²) in [6.45, 7) is 3.87. The van der Waals surface area contributed by atoms with Crippen molar-refractivity contribution in [3.8, 4) is 22.9 Å². The van der Waals surface area contributed by atoms with Gasteiger partial charge < -0.3 is 15.4 Å². The average Bonchev–Trinajstić information content (AvgIpc) is 3.45. The van der Waals surface area contributed by atoms with Crippen LogP contribution in [0.2, 0.25) is 0 Å². The molecule has 1 saturated heterocycles. The first-order valence-corrected chi connectivity index (χ1v) is 12.1. The molecule has 3 aromatic rings. The van der Waals surface area contributed by atoms with E-state index in [-0.39, 0.29) is 0 Å². The molecule has 0 amide bonds. The molecule has 2 N–H and O–H groups in total. The van der Waals surface area contributed by atoms with Crippen molar-refractivity contribution < 1.29 is 4.74 Å². The largest absolute Gasteiger partial charge is 0.490 e. The van der Waals surface area contributed by atoms with Crippen LogP contribution in [0.4, 0.5) is 11.4 Å². The molecule has 0 saturated carbocycles. The first-order chi connectivity index (χ1) is 16.2. The summed E-state index contributed by atoms with van der Waals surface area (Å²) in [7, 11) is 0. The molecule has 0 radical (unpaired) electrons. The number of fused-ring (bicyclic) bond motifs is 3. The maximum Gasteiger partial charge on any atom is 0.139 e. The summed E-state index contributed by atoms with van der Waals surface area (Å²) in [6.07, 6.45) is 6.77. The number of nitrogen functional groups attached to an aromatic ring is 1. The van der Waals surface area contributed by atoms with Crippen LogP contribution >= 0.6 is 0 Å². The molecule has 2 aliphatic rings. The minimum absolute atomic E-state index is 0.292. The quantitative estimate of drug-likeness (QED) is 0.355. The van der Waals surface area contributed by atoms with Gasteiger partial charge in [-0.15, -0.1) is 0 Å². The Morgan fingerprint density at radius 2 is 1.97 bits per heavy atom. The Balaban J connectivity index is 1.44. The fourth-order valence-electron chi connectivity index (χ4n) is 5.46. The van der Waals surface area contributed by atoms with Crippen molar-refractivity contribution >= 4 is 11.4 Å². The molecule has 1 aliphatic carbocycles. The van der Waals surface area contributed by atoms with Gasteiger partial charge in [-0.05, 0) is 78.1 Å². The highest BCUT2D eigenvalue weighted by molar-refractivity contribution is 5.81. The summed E-state index contributed by atoms with van der Waals surface area (Å²) in [5.74, 6) is 0.583. The standard InChI is InChI=1S/C29H31N3O/c1-2-3-10-24-25-17-20-8-4-5-11-22(20)23(25)14-15-28(24)32-16-7-9-21(32)19-33-29-13-6-12-27(31)26(29)18-30/h4-6,8,11-15,21H,2-3,7,9-10,16-17,19,31H2,1H3/t21-/m1/s1. The Bertz CT molecular complexity index is 1210. The third-order valence-corrected chi connectivity index (χ3v) is 7.15. The third kappa shape index (κ3) is 3.93. The second-order valence-corrected chi connectivity index (χ2v) is 9.16. The number of nitriles is 1. The van der Waals surface area contributed by atoms with Crippen molar-refractivity contribution in [1.29, 1.82) is 5.26 Å². The molecular weight excluding hydrogens is 406 g/mol. The Labute approximate surface area is 196 Å². The van der Waals surface area contributed by atoms with Gasteiger partial charge in [0.15, 0.2) is 0 Å². The summed E-state index contributed by atoms with van der Waals surface area (Å²) < 4.78 is 6.16. The Morgan fingerprint density at radius 1 is 1.09 bits per heavy atom. The van der Waals surface area contributed by atoms with Gasteiger partial charge in [0.2, 0.25) is 0 Å². The number of hydrogen-bond acceptors (Lipinski definition) is 4. The lowest BCUT2D eigenvalue weighted by molar-refractivity contribution is 0.288. The molecule has 1 atom stereocenters. The van der Waals surface area contributed by atoms with Crippen molar-refractivity contribution in [3.63, 3.8) is 0 Å². The fraction of sp³-hybridized carbons (Fsp3) is 0.345. The van der Waals surface area contributed by atoms with E-state index in [0.717, 1.165) is 32.2 Å². The molecule has 0 aromatic heterocycles. The van der Waals surface area contributed by atoms with Crippen LogP contribution in [-0.2, 0) is 12.8 Å². The zero-order valence-electron chi connectivity index (χ0n) is 19.3. The highest BCUT2D eigenvalue weighted by atomic mass is 16.5. The first-order valence-electron chi connectivity index (χ1n) is 12.1. The van der Waals surface area contributed by atoms with Crippen LogP contribution < -0.4 is 15.4 Å². The van der Waals surface area contributed by atoms with Gasteiger partial charge in [-0.2, -0.15) is 5.26 Å². The van der Waals surface area contributed by atoms with Crippen molar-refractivity contribution in [3.05, 3.63) is 76.9 Å². The topological polar surface area (TPSA) is 62.3 Å². The van der Waals surface area contributed by atoms with Gasteiger partial charge >= 0.3 is 0 Å². The molecule has 3 aromatic carbocycles. The van der Waals surface area contributed by atoms with Crippen LogP contribution in [-0.4, -0.2) is 19.2 Å². The van der Waals surface area contributed by atoms with E-state index < -0.39 is 0 Å². The summed E-state index contributed by atoms with van der Waals surface area (Å²) in [6, 6.07) is 21.4. The SMILES string of the molecule is CCCCc1c(N2CCC[C@@H]2COc2cccc(N)c2C#N)ccc2c1Cc1ccccc1-2. The van der Waals surface area contributed by atoms with Crippen molar-refractivity contribution in [2.45, 2.75) is 51.5 Å². The lowest BCUT2D eigenvalue weighted by Gasteiger charge is -2.30. The van der Waals surface area contributed by atoms with Crippen LogP contribution in [0, 0.1) is 11.3 Å². The third-order valence-electron chi connectivity index (χ3n) is 7.15. The van der Waals surface area contributed by atoms with Crippen molar-refractivity contribution in [2.24, 2.45) is 0 Å². The van der Waals surface area contributed by atoms with Gasteiger partial charge in [-0.1, -0.05) is 49.7 Å². The summed E-state index contributed by atoms with van der Waals surface area (Å²) in [4.78, 5) is 2.55. The molecule has 4 heteroatoms.